The lowest BCUT2D eigenvalue weighted by molar-refractivity contribution is 0.244. The van der Waals surface area contributed by atoms with Crippen molar-refractivity contribution in [3.05, 3.63) is 24.3 Å². The molecule has 0 heterocycles. The Kier molecular flexibility index (Phi) is 5.78. The minimum absolute atomic E-state index is 0.0617. The van der Waals surface area contributed by atoms with Crippen LogP contribution in [0.15, 0.2) is 29.2 Å². The molecule has 0 spiro atoms. The molecule has 0 bridgehead atoms. The van der Waals surface area contributed by atoms with Gasteiger partial charge in [0.15, 0.2) is 0 Å². The van der Waals surface area contributed by atoms with Crippen molar-refractivity contribution in [1.29, 1.82) is 0 Å². The van der Waals surface area contributed by atoms with Crippen LogP contribution >= 0.6 is 0 Å². The SMILES string of the molecule is CC(CO)CNc1ccccc1S(=O)(=O)NC(C)C. The molecule has 0 aliphatic rings. The van der Waals surface area contributed by atoms with Gasteiger partial charge in [0, 0.05) is 19.2 Å². The van der Waals surface area contributed by atoms with E-state index < -0.39 is 10.0 Å². The molecule has 0 saturated heterocycles. The van der Waals surface area contributed by atoms with Crippen molar-refractivity contribution in [3.8, 4) is 0 Å². The van der Waals surface area contributed by atoms with Gasteiger partial charge >= 0.3 is 0 Å². The van der Waals surface area contributed by atoms with Crippen molar-refractivity contribution in [3.63, 3.8) is 0 Å². The number of anilines is 1. The quantitative estimate of drug-likeness (QED) is 0.708. The first-order chi connectivity index (χ1) is 8.86. The van der Waals surface area contributed by atoms with E-state index in [4.69, 9.17) is 5.11 Å². The molecule has 3 N–H and O–H groups in total. The van der Waals surface area contributed by atoms with Gasteiger partial charge in [-0.05, 0) is 31.9 Å². The van der Waals surface area contributed by atoms with Crippen LogP contribution in [0.5, 0.6) is 0 Å². The van der Waals surface area contributed by atoms with Crippen LogP contribution in [-0.2, 0) is 10.0 Å². The maximum Gasteiger partial charge on any atom is 0.242 e. The number of benzene rings is 1. The number of aliphatic hydroxyl groups excluding tert-OH is 1. The first-order valence-electron chi connectivity index (χ1n) is 6.33. The molecule has 1 aromatic carbocycles. The summed E-state index contributed by atoms with van der Waals surface area (Å²) in [5, 5.41) is 12.1. The number of aliphatic hydroxyl groups is 1. The Hall–Kier alpha value is -1.11. The lowest BCUT2D eigenvalue weighted by Crippen LogP contribution is -2.31. The standard InChI is InChI=1S/C13H22N2O3S/c1-10(2)15-19(17,18)13-7-5-4-6-12(13)14-8-11(3)9-16/h4-7,10-11,14-16H,8-9H2,1-3H3. The van der Waals surface area contributed by atoms with E-state index in [0.717, 1.165) is 0 Å². The van der Waals surface area contributed by atoms with Gasteiger partial charge in [-0.25, -0.2) is 13.1 Å². The molecule has 108 valence electrons. The van der Waals surface area contributed by atoms with E-state index in [1.807, 2.05) is 6.92 Å². The third-order valence-corrected chi connectivity index (χ3v) is 4.24. The fraction of sp³-hybridized carbons (Fsp3) is 0.538. The van der Waals surface area contributed by atoms with Crippen LogP contribution in [0.2, 0.25) is 0 Å². The number of para-hydroxylation sites is 1. The lowest BCUT2D eigenvalue weighted by atomic mass is 10.2. The molecule has 5 nitrogen and oxygen atoms in total. The molecule has 0 amide bonds. The molecular formula is C13H22N2O3S. The minimum Gasteiger partial charge on any atom is -0.396 e. The monoisotopic (exact) mass is 286 g/mol. The van der Waals surface area contributed by atoms with E-state index in [1.54, 1.807) is 38.1 Å². The highest BCUT2D eigenvalue weighted by Crippen LogP contribution is 2.21. The lowest BCUT2D eigenvalue weighted by Gasteiger charge is -2.16. The highest BCUT2D eigenvalue weighted by Gasteiger charge is 2.19. The molecule has 1 aromatic rings. The fourth-order valence-corrected chi connectivity index (χ4v) is 3.00. The molecule has 0 aliphatic heterocycles. The van der Waals surface area contributed by atoms with Crippen LogP contribution < -0.4 is 10.0 Å². The van der Waals surface area contributed by atoms with E-state index in [9.17, 15) is 8.42 Å². The zero-order chi connectivity index (χ0) is 14.5. The summed E-state index contributed by atoms with van der Waals surface area (Å²) in [6.07, 6.45) is 0. The van der Waals surface area contributed by atoms with Gasteiger partial charge in [0.2, 0.25) is 10.0 Å². The van der Waals surface area contributed by atoms with Crippen LogP contribution in [0.1, 0.15) is 20.8 Å². The number of rotatable bonds is 7. The van der Waals surface area contributed by atoms with Crippen LogP contribution in [0.25, 0.3) is 0 Å². The summed E-state index contributed by atoms with van der Waals surface area (Å²) in [6.45, 7) is 6.02. The number of hydrogen-bond acceptors (Lipinski definition) is 4. The van der Waals surface area contributed by atoms with Gasteiger partial charge < -0.3 is 10.4 Å². The summed E-state index contributed by atoms with van der Waals surface area (Å²) >= 11 is 0. The van der Waals surface area contributed by atoms with Gasteiger partial charge in [0.05, 0.1) is 5.69 Å². The van der Waals surface area contributed by atoms with Crippen molar-refractivity contribution in [2.24, 2.45) is 5.92 Å². The van der Waals surface area contributed by atoms with Gasteiger partial charge in [0.25, 0.3) is 0 Å². The zero-order valence-electron chi connectivity index (χ0n) is 11.6. The van der Waals surface area contributed by atoms with E-state index in [1.165, 1.54) is 0 Å². The second-order valence-electron chi connectivity index (χ2n) is 4.94. The van der Waals surface area contributed by atoms with Crippen LogP contribution in [0, 0.1) is 5.92 Å². The van der Waals surface area contributed by atoms with Gasteiger partial charge in [-0.15, -0.1) is 0 Å². The van der Waals surface area contributed by atoms with E-state index in [2.05, 4.69) is 10.0 Å². The van der Waals surface area contributed by atoms with Crippen molar-refractivity contribution < 1.29 is 13.5 Å². The summed E-state index contributed by atoms with van der Waals surface area (Å²) < 4.78 is 26.9. The van der Waals surface area contributed by atoms with Gasteiger partial charge in [0.1, 0.15) is 4.90 Å². The molecule has 0 radical (unpaired) electrons. The van der Waals surface area contributed by atoms with Gasteiger partial charge in [-0.1, -0.05) is 19.1 Å². The number of sulfonamides is 1. The molecule has 1 atom stereocenters. The molecule has 0 saturated carbocycles. The highest BCUT2D eigenvalue weighted by molar-refractivity contribution is 7.89. The summed E-state index contributed by atoms with van der Waals surface area (Å²) in [5.74, 6) is 0.0637. The van der Waals surface area contributed by atoms with E-state index in [0.29, 0.717) is 12.2 Å². The van der Waals surface area contributed by atoms with Gasteiger partial charge in [-0.2, -0.15) is 0 Å². The third kappa shape index (κ3) is 4.81. The Morgan fingerprint density at radius 3 is 2.42 bits per heavy atom. The summed E-state index contributed by atoms with van der Waals surface area (Å²) in [5.41, 5.74) is 0.552. The Labute approximate surface area is 115 Å². The zero-order valence-corrected chi connectivity index (χ0v) is 12.4. The molecule has 0 aromatic heterocycles. The van der Waals surface area contributed by atoms with Crippen molar-refractivity contribution in [1.82, 2.24) is 4.72 Å². The first-order valence-corrected chi connectivity index (χ1v) is 7.81. The predicted octanol–water partition coefficient (Wildman–Crippen LogP) is 1.41. The average molecular weight is 286 g/mol. The normalized spacial score (nSPS) is 13.5. The van der Waals surface area contributed by atoms with E-state index in [-0.39, 0.29) is 23.5 Å². The number of hydrogen-bond donors (Lipinski definition) is 3. The molecule has 6 heteroatoms. The second kappa shape index (κ2) is 6.88. The van der Waals surface area contributed by atoms with Crippen LogP contribution in [-0.4, -0.2) is 32.7 Å². The Morgan fingerprint density at radius 2 is 1.84 bits per heavy atom. The Balaban J connectivity index is 2.96. The van der Waals surface area contributed by atoms with Gasteiger partial charge in [-0.3, -0.25) is 0 Å². The van der Waals surface area contributed by atoms with Crippen molar-refractivity contribution in [2.75, 3.05) is 18.5 Å². The summed E-state index contributed by atoms with van der Waals surface area (Å²) in [7, 11) is -3.52. The Bertz CT molecular complexity index is 500. The largest absolute Gasteiger partial charge is 0.396 e. The predicted molar refractivity (Wildman–Crippen MR) is 76.6 cm³/mol. The van der Waals surface area contributed by atoms with Crippen molar-refractivity contribution in [2.45, 2.75) is 31.7 Å². The molecule has 19 heavy (non-hydrogen) atoms. The topological polar surface area (TPSA) is 78.4 Å². The van der Waals surface area contributed by atoms with E-state index >= 15 is 0 Å². The van der Waals surface area contributed by atoms with Crippen LogP contribution in [0.4, 0.5) is 5.69 Å². The smallest absolute Gasteiger partial charge is 0.242 e. The third-order valence-electron chi connectivity index (χ3n) is 2.52. The second-order valence-corrected chi connectivity index (χ2v) is 6.62. The molecule has 1 rings (SSSR count). The molecule has 0 aliphatic carbocycles. The summed E-state index contributed by atoms with van der Waals surface area (Å²) in [6, 6.07) is 6.60. The van der Waals surface area contributed by atoms with Crippen LogP contribution in [0.3, 0.4) is 0 Å². The maximum absolute atomic E-state index is 12.2. The average Bonchev–Trinajstić information content (AvgIpc) is 2.34. The minimum atomic E-state index is -3.52. The Morgan fingerprint density at radius 1 is 1.21 bits per heavy atom. The highest BCUT2D eigenvalue weighted by atomic mass is 32.2. The molecular weight excluding hydrogens is 264 g/mol. The number of nitrogens with one attached hydrogen (secondary N) is 2. The summed E-state index contributed by atoms with van der Waals surface area (Å²) in [4.78, 5) is 0.230. The first kappa shape index (κ1) is 15.9. The fourth-order valence-electron chi connectivity index (χ4n) is 1.57. The van der Waals surface area contributed by atoms with Crippen molar-refractivity contribution >= 4 is 15.7 Å². The molecule has 0 fully saturated rings. The molecule has 1 unspecified atom stereocenters. The maximum atomic E-state index is 12.2.